The van der Waals surface area contributed by atoms with E-state index in [0.29, 0.717) is 11.6 Å². The molecule has 1 atom stereocenters. The zero-order chi connectivity index (χ0) is 15.4. The van der Waals surface area contributed by atoms with E-state index in [0.717, 1.165) is 11.3 Å². The Kier molecular flexibility index (Phi) is 3.95. The molecular formula is C15H16N6O. The van der Waals surface area contributed by atoms with Crippen molar-refractivity contribution in [3.63, 3.8) is 0 Å². The highest BCUT2D eigenvalue weighted by atomic mass is 16.5. The second-order valence-electron chi connectivity index (χ2n) is 4.71. The third kappa shape index (κ3) is 2.88. The fraction of sp³-hybridized carbons (Fsp3) is 0.200. The number of benzene rings is 1. The predicted molar refractivity (Wildman–Crippen MR) is 82.0 cm³/mol. The summed E-state index contributed by atoms with van der Waals surface area (Å²) >= 11 is 0. The van der Waals surface area contributed by atoms with Gasteiger partial charge in [-0.25, -0.2) is 14.6 Å². The van der Waals surface area contributed by atoms with Gasteiger partial charge in [0.1, 0.15) is 24.2 Å². The van der Waals surface area contributed by atoms with Crippen LogP contribution in [-0.2, 0) is 0 Å². The number of methoxy groups -OCH3 is 1. The Morgan fingerprint density at radius 1 is 1.18 bits per heavy atom. The highest BCUT2D eigenvalue weighted by molar-refractivity contribution is 5.43. The molecule has 0 radical (unpaired) electrons. The highest BCUT2D eigenvalue weighted by Crippen LogP contribution is 2.26. The Hall–Kier alpha value is -2.96. The van der Waals surface area contributed by atoms with Gasteiger partial charge >= 0.3 is 0 Å². The summed E-state index contributed by atoms with van der Waals surface area (Å²) < 4.78 is 6.95. The van der Waals surface area contributed by atoms with E-state index in [1.807, 2.05) is 31.2 Å². The van der Waals surface area contributed by atoms with Gasteiger partial charge in [0.25, 0.3) is 0 Å². The minimum atomic E-state index is 0.0245. The van der Waals surface area contributed by atoms with Crippen LogP contribution in [0.2, 0.25) is 0 Å². The largest absolute Gasteiger partial charge is 0.496 e. The lowest BCUT2D eigenvalue weighted by atomic mass is 10.1. The summed E-state index contributed by atoms with van der Waals surface area (Å²) in [4.78, 5) is 12.6. The summed E-state index contributed by atoms with van der Waals surface area (Å²) in [6, 6.07) is 7.90. The highest BCUT2D eigenvalue weighted by Gasteiger charge is 2.12. The molecule has 3 rings (SSSR count). The second-order valence-corrected chi connectivity index (χ2v) is 4.71. The number of hydrogen-bond acceptors (Lipinski definition) is 6. The van der Waals surface area contributed by atoms with E-state index in [1.54, 1.807) is 30.5 Å². The van der Waals surface area contributed by atoms with E-state index >= 15 is 0 Å². The van der Waals surface area contributed by atoms with E-state index < -0.39 is 0 Å². The summed E-state index contributed by atoms with van der Waals surface area (Å²) in [5.41, 5.74) is 1.05. The molecule has 7 heteroatoms. The van der Waals surface area contributed by atoms with E-state index in [2.05, 4.69) is 25.4 Å². The van der Waals surface area contributed by atoms with Crippen molar-refractivity contribution in [2.75, 3.05) is 12.4 Å². The Morgan fingerprint density at radius 2 is 2.05 bits per heavy atom. The van der Waals surface area contributed by atoms with Crippen LogP contribution in [0.1, 0.15) is 18.5 Å². The Bertz CT molecular complexity index is 743. The van der Waals surface area contributed by atoms with Crippen molar-refractivity contribution < 1.29 is 4.74 Å². The average Bonchev–Trinajstić information content (AvgIpc) is 3.09. The normalized spacial score (nSPS) is 11.9. The van der Waals surface area contributed by atoms with Crippen molar-refractivity contribution in [3.8, 4) is 11.6 Å². The maximum absolute atomic E-state index is 5.39. The number of aromatic nitrogens is 5. The van der Waals surface area contributed by atoms with Crippen LogP contribution in [0.5, 0.6) is 5.75 Å². The molecule has 2 aromatic heterocycles. The smallest absolute Gasteiger partial charge is 0.175 e. The van der Waals surface area contributed by atoms with Crippen LogP contribution >= 0.6 is 0 Å². The SMILES string of the molecule is COc1ccccc1[C@@H](C)Nc1cncc(-n2cncn2)n1. The predicted octanol–water partition coefficient (Wildman–Crippen LogP) is 2.24. The van der Waals surface area contributed by atoms with Crippen molar-refractivity contribution in [1.29, 1.82) is 0 Å². The van der Waals surface area contributed by atoms with Gasteiger partial charge in [0.15, 0.2) is 5.82 Å². The van der Waals surface area contributed by atoms with Crippen LogP contribution in [-0.4, -0.2) is 31.8 Å². The molecule has 0 spiro atoms. The molecular weight excluding hydrogens is 280 g/mol. The topological polar surface area (TPSA) is 77.8 Å². The molecule has 0 aliphatic rings. The van der Waals surface area contributed by atoms with Crippen LogP contribution in [0, 0.1) is 0 Å². The Balaban J connectivity index is 1.82. The first-order chi connectivity index (χ1) is 10.8. The number of anilines is 1. The Morgan fingerprint density at radius 3 is 2.82 bits per heavy atom. The van der Waals surface area contributed by atoms with Gasteiger partial charge in [0, 0.05) is 5.56 Å². The molecule has 0 aliphatic heterocycles. The third-order valence-corrected chi connectivity index (χ3v) is 3.25. The van der Waals surface area contributed by atoms with Crippen molar-refractivity contribution in [1.82, 2.24) is 24.7 Å². The maximum Gasteiger partial charge on any atom is 0.175 e. The summed E-state index contributed by atoms with van der Waals surface area (Å²) in [6.07, 6.45) is 6.34. The van der Waals surface area contributed by atoms with Gasteiger partial charge in [-0.3, -0.25) is 4.98 Å². The minimum Gasteiger partial charge on any atom is -0.496 e. The fourth-order valence-electron chi connectivity index (χ4n) is 2.19. The van der Waals surface area contributed by atoms with Gasteiger partial charge < -0.3 is 10.1 Å². The molecule has 0 aliphatic carbocycles. The lowest BCUT2D eigenvalue weighted by Gasteiger charge is -2.17. The molecule has 1 aromatic carbocycles. The van der Waals surface area contributed by atoms with Gasteiger partial charge in [0.05, 0.1) is 25.5 Å². The standard InChI is InChI=1S/C15H16N6O/c1-11(12-5-3-4-6-13(12)22-2)19-14-7-16-8-15(20-14)21-10-17-9-18-21/h3-11H,1-2H3,(H,19,20)/t11-/m1/s1. The third-order valence-electron chi connectivity index (χ3n) is 3.25. The number of ether oxygens (including phenoxy) is 1. The van der Waals surface area contributed by atoms with E-state index in [4.69, 9.17) is 4.74 Å². The minimum absolute atomic E-state index is 0.0245. The number of rotatable bonds is 5. The summed E-state index contributed by atoms with van der Waals surface area (Å²) in [5, 5.41) is 7.37. The quantitative estimate of drug-likeness (QED) is 0.778. The summed E-state index contributed by atoms with van der Waals surface area (Å²) in [6.45, 7) is 2.04. The Labute approximate surface area is 128 Å². The first-order valence-corrected chi connectivity index (χ1v) is 6.84. The maximum atomic E-state index is 5.39. The molecule has 0 bridgehead atoms. The van der Waals surface area contributed by atoms with Gasteiger partial charge in [-0.05, 0) is 13.0 Å². The van der Waals surface area contributed by atoms with Gasteiger partial charge in [-0.1, -0.05) is 18.2 Å². The van der Waals surface area contributed by atoms with Crippen LogP contribution in [0.4, 0.5) is 5.82 Å². The van der Waals surface area contributed by atoms with Gasteiger partial charge in [-0.2, -0.15) is 5.10 Å². The van der Waals surface area contributed by atoms with Crippen molar-refractivity contribution in [2.45, 2.75) is 13.0 Å². The first-order valence-electron chi connectivity index (χ1n) is 6.84. The molecule has 0 fully saturated rings. The van der Waals surface area contributed by atoms with E-state index in [1.165, 1.54) is 6.33 Å². The number of nitrogens with zero attached hydrogens (tertiary/aromatic N) is 5. The number of hydrogen-bond donors (Lipinski definition) is 1. The molecule has 1 N–H and O–H groups in total. The zero-order valence-electron chi connectivity index (χ0n) is 12.3. The van der Waals surface area contributed by atoms with Gasteiger partial charge in [-0.15, -0.1) is 0 Å². The van der Waals surface area contributed by atoms with Crippen LogP contribution < -0.4 is 10.1 Å². The van der Waals surface area contributed by atoms with Crippen molar-refractivity contribution >= 4 is 5.82 Å². The molecule has 2 heterocycles. The molecule has 0 saturated heterocycles. The van der Waals surface area contributed by atoms with Crippen LogP contribution in [0.25, 0.3) is 5.82 Å². The van der Waals surface area contributed by atoms with E-state index in [9.17, 15) is 0 Å². The van der Waals surface area contributed by atoms with E-state index in [-0.39, 0.29) is 6.04 Å². The molecule has 112 valence electrons. The van der Waals surface area contributed by atoms with Crippen molar-refractivity contribution in [2.24, 2.45) is 0 Å². The van der Waals surface area contributed by atoms with Crippen LogP contribution in [0.15, 0.2) is 49.3 Å². The molecule has 3 aromatic rings. The zero-order valence-corrected chi connectivity index (χ0v) is 12.3. The lowest BCUT2D eigenvalue weighted by Crippen LogP contribution is -2.11. The lowest BCUT2D eigenvalue weighted by molar-refractivity contribution is 0.408. The number of para-hydroxylation sites is 1. The van der Waals surface area contributed by atoms with Crippen LogP contribution in [0.3, 0.4) is 0 Å². The molecule has 7 nitrogen and oxygen atoms in total. The molecule has 0 saturated carbocycles. The summed E-state index contributed by atoms with van der Waals surface area (Å²) in [5.74, 6) is 2.10. The fourth-order valence-corrected chi connectivity index (χ4v) is 2.19. The average molecular weight is 296 g/mol. The number of nitrogens with one attached hydrogen (secondary N) is 1. The van der Waals surface area contributed by atoms with Crippen molar-refractivity contribution in [3.05, 3.63) is 54.9 Å². The second kappa shape index (κ2) is 6.21. The first kappa shape index (κ1) is 14.0. The molecule has 0 amide bonds. The van der Waals surface area contributed by atoms with Gasteiger partial charge in [0.2, 0.25) is 0 Å². The molecule has 22 heavy (non-hydrogen) atoms. The summed E-state index contributed by atoms with van der Waals surface area (Å²) in [7, 11) is 1.66. The molecule has 0 unspecified atom stereocenters. The monoisotopic (exact) mass is 296 g/mol.